The van der Waals surface area contributed by atoms with Crippen molar-refractivity contribution in [2.24, 2.45) is 0 Å². The predicted molar refractivity (Wildman–Crippen MR) is 131 cm³/mol. The van der Waals surface area contributed by atoms with Crippen molar-refractivity contribution in [1.82, 2.24) is 0 Å². The molecule has 0 fully saturated rings. The summed E-state index contributed by atoms with van der Waals surface area (Å²) in [5.41, 5.74) is 0. The first kappa shape index (κ1) is 30.4. The molecule has 10 heteroatoms. The fraction of sp³-hybridized carbons (Fsp3) is 1.00. The van der Waals surface area contributed by atoms with Crippen LogP contribution < -0.4 is 0 Å². The van der Waals surface area contributed by atoms with Crippen molar-refractivity contribution in [3.8, 4) is 0 Å². The van der Waals surface area contributed by atoms with Crippen molar-refractivity contribution in [1.29, 1.82) is 0 Å². The molecule has 3 atom stereocenters. The van der Waals surface area contributed by atoms with Gasteiger partial charge in [0.2, 0.25) is 0 Å². The Morgan fingerprint density at radius 1 is 1.00 bits per heavy atom. The molecule has 0 rings (SSSR count). The molecule has 3 unspecified atom stereocenters. The first-order chi connectivity index (χ1) is 13.5. The van der Waals surface area contributed by atoms with Crippen molar-refractivity contribution in [2.45, 2.75) is 63.0 Å². The van der Waals surface area contributed by atoms with Gasteiger partial charge in [0.1, 0.15) is 0 Å². The van der Waals surface area contributed by atoms with E-state index in [1.165, 1.54) is 0 Å². The Hall–Kier alpha value is 2.42. The molecule has 0 N–H and O–H groups in total. The third kappa shape index (κ3) is 7.49. The van der Waals surface area contributed by atoms with E-state index in [0.29, 0.717) is 13.2 Å². The van der Waals surface area contributed by atoms with Crippen LogP contribution in [0.4, 0.5) is 3.55 Å². The van der Waals surface area contributed by atoms with Crippen molar-refractivity contribution in [3.63, 3.8) is 0 Å². The van der Waals surface area contributed by atoms with Gasteiger partial charge in [-0.05, 0) is 0 Å². The second kappa shape index (κ2) is 17.0. The van der Waals surface area contributed by atoms with Gasteiger partial charge in [0.05, 0.1) is 0 Å². The van der Waals surface area contributed by atoms with Gasteiger partial charge in [0.25, 0.3) is 0 Å². The number of halogens is 1. The van der Waals surface area contributed by atoms with Crippen LogP contribution in [0.15, 0.2) is 0 Å². The Morgan fingerprint density at radius 2 is 1.71 bits per heavy atom. The minimum atomic E-state index is -1.13. The van der Waals surface area contributed by atoms with Gasteiger partial charge >= 0.3 is 206 Å². The zero-order chi connectivity index (χ0) is 21.5. The van der Waals surface area contributed by atoms with E-state index in [2.05, 4.69) is 26.6 Å². The third-order valence-corrected chi connectivity index (χ3v) is 20.9. The standard InChI is InChI=1S/C18H37FO3S3Se3/c1-8-12-22-16(21-10-3,17(23-6,28-19)24-11-4)18(26-7,25-14-9-2)27-15-13-20-5/h8-15H2,1-7H3. The predicted octanol–water partition coefficient (Wildman–Crippen LogP) is 4.82. The Bertz CT molecular complexity index is 398. The Kier molecular flexibility index (Phi) is 18.4. The van der Waals surface area contributed by atoms with Gasteiger partial charge in [0.15, 0.2) is 0 Å². The fourth-order valence-electron chi connectivity index (χ4n) is 2.59. The van der Waals surface area contributed by atoms with Crippen LogP contribution in [0.1, 0.15) is 40.5 Å². The van der Waals surface area contributed by atoms with E-state index in [-0.39, 0.29) is 32.5 Å². The molecule has 0 heterocycles. The molecule has 170 valence electrons. The number of hydrogen-bond acceptors (Lipinski definition) is 6. The number of methoxy groups -OCH3 is 1. The maximum atomic E-state index is 15.0. The molecule has 0 aromatic heterocycles. The van der Waals surface area contributed by atoms with E-state index in [1.807, 2.05) is 24.9 Å². The van der Waals surface area contributed by atoms with Crippen LogP contribution in [0.3, 0.4) is 0 Å². The van der Waals surface area contributed by atoms with E-state index in [9.17, 15) is 3.55 Å². The molecule has 0 aliphatic heterocycles. The molecule has 0 saturated heterocycles. The molecule has 0 aromatic rings. The molecule has 0 bridgehead atoms. The second-order valence-corrected chi connectivity index (χ2v) is 19.8. The molecule has 0 aromatic carbocycles. The van der Waals surface area contributed by atoms with Crippen LogP contribution in [0.25, 0.3) is 0 Å². The molecular formula is C18H37FO3S3Se3. The van der Waals surface area contributed by atoms with Gasteiger partial charge in [-0.3, -0.25) is 0 Å². The molecule has 3 nitrogen and oxygen atoms in total. The molecular weight excluding hydrogens is 616 g/mol. The summed E-state index contributed by atoms with van der Waals surface area (Å²) in [7, 11) is 1.75. The topological polar surface area (TPSA) is 27.7 Å². The van der Waals surface area contributed by atoms with Crippen molar-refractivity contribution in [3.05, 3.63) is 0 Å². The average Bonchev–Trinajstić information content (AvgIpc) is 2.72. The maximum absolute atomic E-state index is 15.0. The quantitative estimate of drug-likeness (QED) is 0.113. The van der Waals surface area contributed by atoms with Crippen LogP contribution in [0, 0.1) is 0 Å². The summed E-state index contributed by atoms with van der Waals surface area (Å²) >= 11 is 4.55. The van der Waals surface area contributed by atoms with Crippen molar-refractivity contribution < 1.29 is 17.8 Å². The van der Waals surface area contributed by atoms with Crippen LogP contribution >= 0.6 is 35.3 Å². The van der Waals surface area contributed by atoms with Gasteiger partial charge in [-0.15, -0.1) is 0 Å². The number of rotatable bonds is 19. The summed E-state index contributed by atoms with van der Waals surface area (Å²) in [6.07, 6.45) is 4.01. The van der Waals surface area contributed by atoms with E-state index in [4.69, 9.17) is 14.2 Å². The molecule has 0 aliphatic carbocycles. The van der Waals surface area contributed by atoms with E-state index >= 15 is 0 Å². The summed E-state index contributed by atoms with van der Waals surface area (Å²) in [5.74, 6) is 3.23. The Morgan fingerprint density at radius 3 is 2.14 bits per heavy atom. The monoisotopic (exact) mass is 656 g/mol. The summed E-state index contributed by atoms with van der Waals surface area (Å²) in [6.45, 7) is 10.3. The average molecular weight is 654 g/mol. The van der Waals surface area contributed by atoms with Gasteiger partial charge < -0.3 is 0 Å². The molecule has 0 saturated carbocycles. The van der Waals surface area contributed by atoms with Gasteiger partial charge in [0, 0.05) is 0 Å². The Labute approximate surface area is 204 Å². The molecule has 0 amide bonds. The van der Waals surface area contributed by atoms with Gasteiger partial charge in [-0.25, -0.2) is 0 Å². The molecule has 0 spiro atoms. The van der Waals surface area contributed by atoms with Crippen LogP contribution in [-0.4, -0.2) is 101 Å². The SMILES string of the molecule is CCCOC(OCC)(C(SC)(SCC)[Se]F)C(SCCC)([Se]C)[Se]CCOC. The summed E-state index contributed by atoms with van der Waals surface area (Å²) in [6, 6.07) is 0. The van der Waals surface area contributed by atoms with Crippen LogP contribution in [0.2, 0.25) is 11.1 Å². The molecule has 0 aliphatic rings. The van der Waals surface area contributed by atoms with E-state index in [0.717, 1.165) is 36.3 Å². The van der Waals surface area contributed by atoms with Crippen molar-refractivity contribution >= 4 is 80.6 Å². The first-order valence-electron chi connectivity index (χ1n) is 9.57. The van der Waals surface area contributed by atoms with Crippen molar-refractivity contribution in [2.75, 3.05) is 44.7 Å². The van der Waals surface area contributed by atoms with Gasteiger partial charge in [-0.1, -0.05) is 0 Å². The zero-order valence-corrected chi connectivity index (χ0v) is 25.8. The molecule has 28 heavy (non-hydrogen) atoms. The zero-order valence-electron chi connectivity index (χ0n) is 18.2. The summed E-state index contributed by atoms with van der Waals surface area (Å²) in [5, 5.41) is 0.987. The number of hydrogen-bond donors (Lipinski definition) is 0. The van der Waals surface area contributed by atoms with E-state index < -0.39 is 24.2 Å². The normalized spacial score (nSPS) is 18.4. The third-order valence-electron chi connectivity index (χ3n) is 3.71. The summed E-state index contributed by atoms with van der Waals surface area (Å²) in [4.78, 5) is 0. The summed E-state index contributed by atoms with van der Waals surface area (Å²) < 4.78 is 32.7. The Balaban J connectivity index is 6.59. The molecule has 0 radical (unpaired) electrons. The number of ether oxygens (including phenoxy) is 3. The minimum absolute atomic E-state index is 0.203. The first-order valence-corrected chi connectivity index (χ1v) is 18.9. The van der Waals surface area contributed by atoms with Crippen LogP contribution in [0.5, 0.6) is 0 Å². The second-order valence-electron chi connectivity index (χ2n) is 5.62. The van der Waals surface area contributed by atoms with Gasteiger partial charge in [-0.2, -0.15) is 0 Å². The van der Waals surface area contributed by atoms with Crippen LogP contribution in [-0.2, 0) is 14.2 Å². The fourth-order valence-corrected chi connectivity index (χ4v) is 18.1. The van der Waals surface area contributed by atoms with E-state index in [1.54, 1.807) is 30.6 Å². The number of thioether (sulfide) groups is 3.